The second kappa shape index (κ2) is 5.66. The molecule has 0 aliphatic heterocycles. The molecule has 0 saturated carbocycles. The first-order chi connectivity index (χ1) is 7.03. The Balaban J connectivity index is 2.52. The van der Waals surface area contributed by atoms with Crippen molar-refractivity contribution in [2.75, 3.05) is 6.54 Å². The van der Waals surface area contributed by atoms with Gasteiger partial charge in [-0.2, -0.15) is 0 Å². The molecule has 2 heteroatoms. The van der Waals surface area contributed by atoms with Crippen molar-refractivity contribution in [1.82, 2.24) is 5.32 Å². The lowest BCUT2D eigenvalue weighted by atomic mass is 9.88. The first-order valence-electron chi connectivity index (χ1n) is 5.79. The van der Waals surface area contributed by atoms with Crippen molar-refractivity contribution in [3.63, 3.8) is 0 Å². The molecule has 1 nitrogen and oxygen atoms in total. The molecule has 0 aliphatic rings. The molecule has 1 atom stereocenters. The molecule has 0 saturated heterocycles. The quantitative estimate of drug-likeness (QED) is 0.791. The van der Waals surface area contributed by atoms with Gasteiger partial charge in [-0.05, 0) is 36.2 Å². The summed E-state index contributed by atoms with van der Waals surface area (Å²) in [6.07, 6.45) is 2.50. The average Bonchev–Trinajstić information content (AvgIpc) is 2.63. The van der Waals surface area contributed by atoms with Crippen LogP contribution in [0.15, 0.2) is 17.5 Å². The molecule has 86 valence electrons. The van der Waals surface area contributed by atoms with Crippen molar-refractivity contribution < 1.29 is 0 Å². The van der Waals surface area contributed by atoms with Crippen LogP contribution in [0.25, 0.3) is 0 Å². The summed E-state index contributed by atoms with van der Waals surface area (Å²) in [7, 11) is 0. The summed E-state index contributed by atoms with van der Waals surface area (Å²) in [5.74, 6) is 0. The number of hydrogen-bond acceptors (Lipinski definition) is 2. The molecule has 0 aliphatic carbocycles. The Hall–Kier alpha value is -0.340. The minimum Gasteiger partial charge on any atom is -0.310 e. The third kappa shape index (κ3) is 4.80. The topological polar surface area (TPSA) is 12.0 Å². The van der Waals surface area contributed by atoms with Gasteiger partial charge in [0.05, 0.1) is 0 Å². The SMILES string of the molecule is CCNC(CCC(C)(C)C)c1cccs1. The van der Waals surface area contributed by atoms with Gasteiger partial charge in [-0.1, -0.05) is 33.8 Å². The Morgan fingerprint density at radius 2 is 2.13 bits per heavy atom. The molecule has 0 fully saturated rings. The van der Waals surface area contributed by atoms with Crippen LogP contribution in [0.5, 0.6) is 0 Å². The standard InChI is InChI=1S/C13H23NS/c1-5-14-11(8-9-13(2,3)4)12-7-6-10-15-12/h6-7,10-11,14H,5,8-9H2,1-4H3. The van der Waals surface area contributed by atoms with E-state index in [-0.39, 0.29) is 0 Å². The Morgan fingerprint density at radius 1 is 1.40 bits per heavy atom. The number of hydrogen-bond donors (Lipinski definition) is 1. The Morgan fingerprint density at radius 3 is 2.60 bits per heavy atom. The molecular weight excluding hydrogens is 202 g/mol. The zero-order valence-electron chi connectivity index (χ0n) is 10.3. The zero-order valence-corrected chi connectivity index (χ0v) is 11.2. The summed E-state index contributed by atoms with van der Waals surface area (Å²) < 4.78 is 0. The normalized spacial score (nSPS) is 14.1. The predicted molar refractivity (Wildman–Crippen MR) is 69.4 cm³/mol. The van der Waals surface area contributed by atoms with Crippen LogP contribution in [0.3, 0.4) is 0 Å². The summed E-state index contributed by atoms with van der Waals surface area (Å²) in [6.45, 7) is 10.2. The molecule has 1 rings (SSSR count). The zero-order chi connectivity index (χ0) is 11.3. The van der Waals surface area contributed by atoms with Gasteiger partial charge in [0.1, 0.15) is 0 Å². The molecule has 0 aromatic carbocycles. The van der Waals surface area contributed by atoms with E-state index in [1.807, 2.05) is 11.3 Å². The highest BCUT2D eigenvalue weighted by Crippen LogP contribution is 2.29. The molecule has 0 spiro atoms. The van der Waals surface area contributed by atoms with Gasteiger partial charge in [-0.25, -0.2) is 0 Å². The van der Waals surface area contributed by atoms with Gasteiger partial charge >= 0.3 is 0 Å². The summed E-state index contributed by atoms with van der Waals surface area (Å²) >= 11 is 1.86. The van der Waals surface area contributed by atoms with Crippen molar-refractivity contribution >= 4 is 11.3 Å². The molecule has 0 radical (unpaired) electrons. The molecule has 0 bridgehead atoms. The minimum absolute atomic E-state index is 0.435. The maximum Gasteiger partial charge on any atom is 0.0414 e. The maximum atomic E-state index is 3.57. The fourth-order valence-electron chi connectivity index (χ4n) is 1.66. The molecule has 1 heterocycles. The first-order valence-corrected chi connectivity index (χ1v) is 6.67. The largest absolute Gasteiger partial charge is 0.310 e. The molecule has 15 heavy (non-hydrogen) atoms. The van der Waals surface area contributed by atoms with Crippen LogP contribution >= 0.6 is 11.3 Å². The number of thiophene rings is 1. The molecule has 1 N–H and O–H groups in total. The van der Waals surface area contributed by atoms with E-state index in [9.17, 15) is 0 Å². The molecule has 1 aromatic heterocycles. The highest BCUT2D eigenvalue weighted by molar-refractivity contribution is 7.10. The van der Waals surface area contributed by atoms with E-state index >= 15 is 0 Å². The van der Waals surface area contributed by atoms with Gasteiger partial charge in [-0.15, -0.1) is 11.3 Å². The van der Waals surface area contributed by atoms with Crippen LogP contribution < -0.4 is 5.32 Å². The van der Waals surface area contributed by atoms with Crippen LogP contribution in [-0.4, -0.2) is 6.54 Å². The molecule has 1 aromatic rings. The van der Waals surface area contributed by atoms with E-state index < -0.39 is 0 Å². The summed E-state index contributed by atoms with van der Waals surface area (Å²) in [6, 6.07) is 4.93. The van der Waals surface area contributed by atoms with Crippen molar-refractivity contribution in [2.24, 2.45) is 5.41 Å². The third-order valence-electron chi connectivity index (χ3n) is 2.52. The van der Waals surface area contributed by atoms with E-state index in [4.69, 9.17) is 0 Å². The molecule has 1 unspecified atom stereocenters. The fraction of sp³-hybridized carbons (Fsp3) is 0.692. The summed E-state index contributed by atoms with van der Waals surface area (Å²) in [4.78, 5) is 1.47. The highest BCUT2D eigenvalue weighted by Gasteiger charge is 2.16. The Kier molecular flexibility index (Phi) is 4.81. The van der Waals surface area contributed by atoms with Crippen LogP contribution in [0.1, 0.15) is 51.5 Å². The smallest absolute Gasteiger partial charge is 0.0414 e. The average molecular weight is 225 g/mol. The maximum absolute atomic E-state index is 3.57. The minimum atomic E-state index is 0.435. The van der Waals surface area contributed by atoms with Crippen molar-refractivity contribution in [3.8, 4) is 0 Å². The predicted octanol–water partition coefficient (Wildman–Crippen LogP) is 4.23. The van der Waals surface area contributed by atoms with E-state index in [0.29, 0.717) is 11.5 Å². The summed E-state index contributed by atoms with van der Waals surface area (Å²) in [5, 5.41) is 5.73. The van der Waals surface area contributed by atoms with E-state index in [1.54, 1.807) is 0 Å². The van der Waals surface area contributed by atoms with Gasteiger partial charge in [0, 0.05) is 10.9 Å². The van der Waals surface area contributed by atoms with E-state index in [1.165, 1.54) is 17.7 Å². The van der Waals surface area contributed by atoms with Crippen LogP contribution in [0.2, 0.25) is 0 Å². The lowest BCUT2D eigenvalue weighted by molar-refractivity contribution is 0.335. The van der Waals surface area contributed by atoms with E-state index in [2.05, 4.69) is 50.5 Å². The van der Waals surface area contributed by atoms with Crippen molar-refractivity contribution in [3.05, 3.63) is 22.4 Å². The van der Waals surface area contributed by atoms with Gasteiger partial charge in [0.15, 0.2) is 0 Å². The second-order valence-corrected chi connectivity index (χ2v) is 6.20. The van der Waals surface area contributed by atoms with Gasteiger partial charge in [-0.3, -0.25) is 0 Å². The van der Waals surface area contributed by atoms with Crippen molar-refractivity contribution in [1.29, 1.82) is 0 Å². The van der Waals surface area contributed by atoms with Crippen LogP contribution in [0, 0.1) is 5.41 Å². The molecular formula is C13H23NS. The van der Waals surface area contributed by atoms with Crippen molar-refractivity contribution in [2.45, 2.75) is 46.6 Å². The highest BCUT2D eigenvalue weighted by atomic mass is 32.1. The Bertz CT molecular complexity index is 259. The van der Waals surface area contributed by atoms with Crippen LogP contribution in [-0.2, 0) is 0 Å². The van der Waals surface area contributed by atoms with Crippen LogP contribution in [0.4, 0.5) is 0 Å². The second-order valence-electron chi connectivity index (χ2n) is 5.23. The number of rotatable bonds is 5. The van der Waals surface area contributed by atoms with Gasteiger partial charge < -0.3 is 5.32 Å². The lowest BCUT2D eigenvalue weighted by Crippen LogP contribution is -2.21. The Labute approximate surface area is 97.9 Å². The van der Waals surface area contributed by atoms with Gasteiger partial charge in [0.2, 0.25) is 0 Å². The summed E-state index contributed by atoms with van der Waals surface area (Å²) in [5.41, 5.74) is 0.435. The lowest BCUT2D eigenvalue weighted by Gasteiger charge is -2.23. The first kappa shape index (κ1) is 12.7. The fourth-order valence-corrected chi connectivity index (χ4v) is 2.50. The van der Waals surface area contributed by atoms with Gasteiger partial charge in [0.25, 0.3) is 0 Å². The number of nitrogens with one attached hydrogen (secondary N) is 1. The molecule has 0 amide bonds. The monoisotopic (exact) mass is 225 g/mol. The third-order valence-corrected chi connectivity index (χ3v) is 3.51. The van der Waals surface area contributed by atoms with E-state index in [0.717, 1.165) is 6.54 Å².